The van der Waals surface area contributed by atoms with E-state index in [1.165, 1.54) is 12.1 Å². The number of phenols is 1. The van der Waals surface area contributed by atoms with Gasteiger partial charge in [-0.25, -0.2) is 8.78 Å². The molecule has 2 aromatic carbocycles. The van der Waals surface area contributed by atoms with Crippen LogP contribution in [-0.4, -0.2) is 11.0 Å². The minimum Gasteiger partial charge on any atom is -0.507 e. The number of rotatable bonds is 2. The molecule has 98 valence electrons. The van der Waals surface area contributed by atoms with Gasteiger partial charge in [0.1, 0.15) is 17.4 Å². The summed E-state index contributed by atoms with van der Waals surface area (Å²) in [5.41, 5.74) is -0.290. The van der Waals surface area contributed by atoms with Crippen LogP contribution in [-0.2, 0) is 0 Å². The number of phenolic OH excluding ortho intramolecular Hbond substituents is 1. The van der Waals surface area contributed by atoms with Crippen molar-refractivity contribution < 1.29 is 18.7 Å². The maximum Gasteiger partial charge on any atom is 0.259 e. The Balaban J connectivity index is 2.28. The topological polar surface area (TPSA) is 49.3 Å². The summed E-state index contributed by atoms with van der Waals surface area (Å²) in [7, 11) is 0. The van der Waals surface area contributed by atoms with Gasteiger partial charge in [-0.15, -0.1) is 0 Å². The van der Waals surface area contributed by atoms with E-state index in [9.17, 15) is 18.7 Å². The second-order valence-corrected chi connectivity index (χ2v) is 4.18. The predicted octanol–water partition coefficient (Wildman–Crippen LogP) is 3.58. The van der Waals surface area contributed by atoms with E-state index < -0.39 is 23.3 Å². The van der Waals surface area contributed by atoms with Crippen molar-refractivity contribution in [3.05, 3.63) is 58.6 Å². The van der Waals surface area contributed by atoms with Crippen LogP contribution in [0.4, 0.5) is 14.5 Å². The largest absolute Gasteiger partial charge is 0.507 e. The molecule has 0 aliphatic rings. The van der Waals surface area contributed by atoms with Crippen LogP contribution in [0.2, 0.25) is 5.02 Å². The van der Waals surface area contributed by atoms with Gasteiger partial charge in [0.2, 0.25) is 0 Å². The molecule has 0 aliphatic heterocycles. The fourth-order valence-electron chi connectivity index (χ4n) is 1.48. The molecule has 0 heterocycles. The summed E-state index contributed by atoms with van der Waals surface area (Å²) in [5.74, 6) is -2.64. The van der Waals surface area contributed by atoms with Gasteiger partial charge in [-0.1, -0.05) is 11.6 Å². The molecule has 0 saturated heterocycles. The number of aromatic hydroxyl groups is 1. The molecule has 0 radical (unpaired) electrons. The highest BCUT2D eigenvalue weighted by atomic mass is 35.5. The molecule has 3 nitrogen and oxygen atoms in total. The molecule has 1 amide bonds. The maximum atomic E-state index is 13.4. The summed E-state index contributed by atoms with van der Waals surface area (Å²) in [6.45, 7) is 0. The van der Waals surface area contributed by atoms with E-state index in [1.807, 2.05) is 0 Å². The molecule has 0 aromatic heterocycles. The minimum atomic E-state index is -0.765. The normalized spacial score (nSPS) is 10.3. The Labute approximate surface area is 112 Å². The van der Waals surface area contributed by atoms with Crippen molar-refractivity contribution in [2.24, 2.45) is 0 Å². The van der Waals surface area contributed by atoms with Crippen LogP contribution in [0.25, 0.3) is 0 Å². The van der Waals surface area contributed by atoms with Crippen molar-refractivity contribution in [1.82, 2.24) is 0 Å². The van der Waals surface area contributed by atoms with Gasteiger partial charge in [-0.3, -0.25) is 4.79 Å². The molecule has 2 N–H and O–H groups in total. The summed E-state index contributed by atoms with van der Waals surface area (Å²) in [4.78, 5) is 11.8. The molecule has 6 heteroatoms. The summed E-state index contributed by atoms with van der Waals surface area (Å²) in [6.07, 6.45) is 0. The highest BCUT2D eigenvalue weighted by Crippen LogP contribution is 2.23. The van der Waals surface area contributed by atoms with Crippen molar-refractivity contribution in [3.63, 3.8) is 0 Å². The van der Waals surface area contributed by atoms with Gasteiger partial charge in [0, 0.05) is 11.1 Å². The molecule has 0 atom stereocenters. The van der Waals surface area contributed by atoms with E-state index >= 15 is 0 Å². The van der Waals surface area contributed by atoms with E-state index in [1.54, 1.807) is 0 Å². The number of nitrogens with one attached hydrogen (secondary N) is 1. The van der Waals surface area contributed by atoms with Crippen LogP contribution in [0.15, 0.2) is 36.4 Å². The number of hydrogen-bond donors (Lipinski definition) is 2. The van der Waals surface area contributed by atoms with Gasteiger partial charge in [0.05, 0.1) is 11.3 Å². The molecule has 0 unspecified atom stereocenters. The van der Waals surface area contributed by atoms with Crippen LogP contribution in [0.3, 0.4) is 0 Å². The summed E-state index contributed by atoms with van der Waals surface area (Å²) in [6, 6.07) is 6.58. The average molecular weight is 284 g/mol. The van der Waals surface area contributed by atoms with Crippen molar-refractivity contribution in [2.75, 3.05) is 5.32 Å². The smallest absolute Gasteiger partial charge is 0.259 e. The Kier molecular flexibility index (Phi) is 3.66. The van der Waals surface area contributed by atoms with Gasteiger partial charge < -0.3 is 10.4 Å². The van der Waals surface area contributed by atoms with Gasteiger partial charge in [0.25, 0.3) is 5.91 Å². The highest BCUT2D eigenvalue weighted by Gasteiger charge is 2.14. The Morgan fingerprint density at radius 2 is 1.89 bits per heavy atom. The van der Waals surface area contributed by atoms with E-state index in [4.69, 9.17) is 11.6 Å². The molecule has 0 fully saturated rings. The van der Waals surface area contributed by atoms with Gasteiger partial charge in [0.15, 0.2) is 0 Å². The SMILES string of the molecule is O=C(Nc1cc(Cl)ccc1F)c1ccc(F)cc1O. The van der Waals surface area contributed by atoms with Crippen LogP contribution >= 0.6 is 11.6 Å². The molecule has 0 aliphatic carbocycles. The van der Waals surface area contributed by atoms with Crippen molar-refractivity contribution in [1.29, 1.82) is 0 Å². The fraction of sp³-hybridized carbons (Fsp3) is 0. The van der Waals surface area contributed by atoms with E-state index in [-0.39, 0.29) is 16.3 Å². The fourth-order valence-corrected chi connectivity index (χ4v) is 1.65. The van der Waals surface area contributed by atoms with Crippen LogP contribution < -0.4 is 5.32 Å². The zero-order valence-electron chi connectivity index (χ0n) is 9.45. The lowest BCUT2D eigenvalue weighted by Gasteiger charge is -2.08. The quantitative estimate of drug-likeness (QED) is 0.885. The van der Waals surface area contributed by atoms with Gasteiger partial charge in [-0.2, -0.15) is 0 Å². The number of carbonyl (C=O) groups is 1. The summed E-state index contributed by atoms with van der Waals surface area (Å²) >= 11 is 5.68. The molecular formula is C13H8ClF2NO2. The second-order valence-electron chi connectivity index (χ2n) is 3.74. The Bertz CT molecular complexity index is 647. The lowest BCUT2D eigenvalue weighted by molar-refractivity contribution is 0.102. The minimum absolute atomic E-state index is 0.124. The number of anilines is 1. The van der Waals surface area contributed by atoms with Gasteiger partial charge >= 0.3 is 0 Å². The third-order valence-corrected chi connectivity index (χ3v) is 2.62. The first kappa shape index (κ1) is 13.3. The van der Waals surface area contributed by atoms with E-state index in [2.05, 4.69) is 5.32 Å². The zero-order valence-corrected chi connectivity index (χ0v) is 10.2. The third kappa shape index (κ3) is 3.00. The Hall–Kier alpha value is -2.14. The first-order valence-electron chi connectivity index (χ1n) is 5.22. The second kappa shape index (κ2) is 5.24. The maximum absolute atomic E-state index is 13.4. The molecule has 0 saturated carbocycles. The lowest BCUT2D eigenvalue weighted by atomic mass is 10.1. The molecular weight excluding hydrogens is 276 g/mol. The summed E-state index contributed by atoms with van der Waals surface area (Å²) < 4.78 is 26.2. The lowest BCUT2D eigenvalue weighted by Crippen LogP contribution is -2.13. The molecule has 0 bridgehead atoms. The number of hydrogen-bond acceptors (Lipinski definition) is 2. The highest BCUT2D eigenvalue weighted by molar-refractivity contribution is 6.31. The third-order valence-electron chi connectivity index (χ3n) is 2.38. The Morgan fingerprint density at radius 3 is 2.58 bits per heavy atom. The first-order valence-corrected chi connectivity index (χ1v) is 5.60. The van der Waals surface area contributed by atoms with E-state index in [0.29, 0.717) is 0 Å². The van der Waals surface area contributed by atoms with Crippen molar-refractivity contribution in [3.8, 4) is 5.75 Å². The van der Waals surface area contributed by atoms with Crippen molar-refractivity contribution in [2.45, 2.75) is 0 Å². The van der Waals surface area contributed by atoms with Crippen LogP contribution in [0, 0.1) is 11.6 Å². The van der Waals surface area contributed by atoms with E-state index in [0.717, 1.165) is 24.3 Å². The molecule has 19 heavy (non-hydrogen) atoms. The monoisotopic (exact) mass is 283 g/mol. The standard InChI is InChI=1S/C13H8ClF2NO2/c14-7-1-4-10(16)11(5-7)17-13(19)9-3-2-8(15)6-12(9)18/h1-6,18H,(H,17,19). The molecule has 0 spiro atoms. The first-order chi connectivity index (χ1) is 8.97. The molecule has 2 rings (SSSR count). The van der Waals surface area contributed by atoms with Crippen molar-refractivity contribution >= 4 is 23.2 Å². The Morgan fingerprint density at radius 1 is 1.16 bits per heavy atom. The van der Waals surface area contributed by atoms with Gasteiger partial charge in [-0.05, 0) is 30.3 Å². The van der Waals surface area contributed by atoms with Crippen LogP contribution in [0.1, 0.15) is 10.4 Å². The average Bonchev–Trinajstić information content (AvgIpc) is 2.33. The number of halogens is 3. The predicted molar refractivity (Wildman–Crippen MR) is 67.4 cm³/mol. The zero-order chi connectivity index (χ0) is 14.0. The molecule has 2 aromatic rings. The number of carbonyl (C=O) groups excluding carboxylic acids is 1. The number of amides is 1. The summed E-state index contributed by atoms with van der Waals surface area (Å²) in [5, 5.41) is 11.9. The number of benzene rings is 2. The van der Waals surface area contributed by atoms with Crippen LogP contribution in [0.5, 0.6) is 5.75 Å².